The number of allylic oxidation sites excluding steroid dienone is 1. The largest absolute Gasteiger partial charge is 0.491 e. The Bertz CT molecular complexity index is 2280. The maximum absolute atomic E-state index is 14.6. The highest BCUT2D eigenvalue weighted by Gasteiger charge is 2.62. The highest BCUT2D eigenvalue weighted by molar-refractivity contribution is 7.90. The lowest BCUT2D eigenvalue weighted by Gasteiger charge is -2.43. The van der Waals surface area contributed by atoms with Crippen molar-refractivity contribution in [2.24, 2.45) is 16.7 Å². The first-order valence-corrected chi connectivity index (χ1v) is 23.0. The van der Waals surface area contributed by atoms with Crippen LogP contribution in [-0.4, -0.2) is 126 Å². The molecule has 1 aromatic carbocycles. The number of sulfonamides is 1. The van der Waals surface area contributed by atoms with E-state index < -0.39 is 56.2 Å². The van der Waals surface area contributed by atoms with Crippen LogP contribution in [-0.2, 0) is 29.1 Å². The molecule has 0 spiro atoms. The van der Waals surface area contributed by atoms with Gasteiger partial charge in [0.15, 0.2) is 11.6 Å². The number of halogens is 1. The van der Waals surface area contributed by atoms with Crippen LogP contribution in [0.25, 0.3) is 16.7 Å². The number of Topliss-reactive ketones (excluding diaryl/α,β-unsaturated/α-hetero) is 1. The van der Waals surface area contributed by atoms with E-state index in [-0.39, 0.29) is 36.4 Å². The highest BCUT2D eigenvalue weighted by Crippen LogP contribution is 2.57. The molecule has 5 heterocycles. The summed E-state index contributed by atoms with van der Waals surface area (Å²) in [5.41, 5.74) is -0.403. The van der Waals surface area contributed by atoms with Gasteiger partial charge in [-0.15, -0.1) is 6.58 Å². The van der Waals surface area contributed by atoms with Gasteiger partial charge in [-0.1, -0.05) is 52.3 Å². The van der Waals surface area contributed by atoms with Crippen molar-refractivity contribution in [1.29, 1.82) is 0 Å². The van der Waals surface area contributed by atoms with Crippen LogP contribution < -0.4 is 19.5 Å². The summed E-state index contributed by atoms with van der Waals surface area (Å²) in [6, 6.07) is 5.35. The second kappa shape index (κ2) is 16.3. The van der Waals surface area contributed by atoms with Gasteiger partial charge in [-0.3, -0.25) is 24.0 Å². The molecule has 0 bridgehead atoms. The molecule has 5 aliphatic rings. The second-order valence-corrected chi connectivity index (χ2v) is 20.7. The highest BCUT2D eigenvalue weighted by atomic mass is 35.5. The first kappa shape index (κ1) is 42.6. The quantitative estimate of drug-likeness (QED) is 0.207. The molecule has 60 heavy (non-hydrogen) atoms. The second-order valence-electron chi connectivity index (χ2n) is 18.3. The van der Waals surface area contributed by atoms with E-state index in [0.29, 0.717) is 85.4 Å². The smallest absolute Gasteiger partial charge is 0.241 e. The molecule has 2 saturated carbocycles. The molecule has 2 aliphatic carbocycles. The average molecular weight is 866 g/mol. The predicted octanol–water partition coefficient (Wildman–Crippen LogP) is 4.40. The van der Waals surface area contributed by atoms with E-state index in [9.17, 15) is 22.8 Å². The van der Waals surface area contributed by atoms with E-state index in [1.54, 1.807) is 27.8 Å². The molecule has 0 unspecified atom stereocenters. The fourth-order valence-electron chi connectivity index (χ4n) is 8.89. The molecule has 5 fully saturated rings. The van der Waals surface area contributed by atoms with E-state index >= 15 is 0 Å². The third kappa shape index (κ3) is 8.29. The normalized spacial score (nSPS) is 27.2. The van der Waals surface area contributed by atoms with Crippen molar-refractivity contribution in [3.05, 3.63) is 53.8 Å². The van der Waals surface area contributed by atoms with Crippen molar-refractivity contribution >= 4 is 50.1 Å². The Hall–Kier alpha value is -4.09. The molecule has 0 radical (unpaired) electrons. The van der Waals surface area contributed by atoms with E-state index in [1.807, 2.05) is 39.1 Å². The summed E-state index contributed by atoms with van der Waals surface area (Å²) in [5, 5.41) is 8.55. The molecule has 3 aromatic rings. The summed E-state index contributed by atoms with van der Waals surface area (Å²) in [7, 11) is -3.84. The van der Waals surface area contributed by atoms with Crippen molar-refractivity contribution in [3.8, 4) is 17.3 Å². The molecular formula is C43H56ClN7O8S. The first-order chi connectivity index (χ1) is 28.5. The van der Waals surface area contributed by atoms with Crippen LogP contribution in [0, 0.1) is 16.7 Å². The van der Waals surface area contributed by atoms with E-state index in [0.717, 1.165) is 18.8 Å². The summed E-state index contributed by atoms with van der Waals surface area (Å²) in [4.78, 5) is 51.7. The molecular weight excluding hydrogens is 810 g/mol. The van der Waals surface area contributed by atoms with Gasteiger partial charge in [0.2, 0.25) is 21.8 Å². The lowest BCUT2D eigenvalue weighted by atomic mass is 9.84. The predicted molar refractivity (Wildman–Crippen MR) is 226 cm³/mol. The first-order valence-electron chi connectivity index (χ1n) is 21.1. The lowest BCUT2D eigenvalue weighted by Crippen LogP contribution is -2.66. The molecule has 8 rings (SSSR count). The van der Waals surface area contributed by atoms with Crippen LogP contribution in [0.4, 0.5) is 0 Å². The number of hydrogen-bond acceptors (Lipinski definition) is 12. The monoisotopic (exact) mass is 865 g/mol. The minimum absolute atomic E-state index is 0.152. The van der Waals surface area contributed by atoms with Gasteiger partial charge in [0.25, 0.3) is 0 Å². The Morgan fingerprint density at radius 1 is 1.17 bits per heavy atom. The minimum atomic E-state index is -3.84. The Morgan fingerprint density at radius 2 is 1.92 bits per heavy atom. The SMILES string of the molecule is C=C[C@@H]1C[C@]1(CC(=O)[C@@H]1C[C@@H](Oc2cc(-n3ccc(C(C)C)n3)nc3c(Cl)c(OCCN4CCOCC4)ccc23)[C@H]2CN[C@H](C(C)(C)C)C(=O)N21)C(=O)NS(=O)(=O)C1CC1. The van der Waals surface area contributed by atoms with Gasteiger partial charge in [0.1, 0.15) is 29.2 Å². The molecule has 2 N–H and O–H groups in total. The Kier molecular flexibility index (Phi) is 11.6. The van der Waals surface area contributed by atoms with E-state index in [2.05, 4.69) is 35.4 Å². The lowest BCUT2D eigenvalue weighted by molar-refractivity contribution is -0.147. The third-order valence-corrected chi connectivity index (χ3v) is 14.9. The summed E-state index contributed by atoms with van der Waals surface area (Å²) >= 11 is 7.11. The number of ketones is 1. The number of benzene rings is 1. The number of amides is 2. The zero-order valence-corrected chi connectivity index (χ0v) is 36.6. The average Bonchev–Trinajstić information content (AvgIpc) is 4.10. The zero-order valence-electron chi connectivity index (χ0n) is 35.0. The number of hydrogen-bond donors (Lipinski definition) is 2. The molecule has 17 heteroatoms. The topological polar surface area (TPSA) is 174 Å². The summed E-state index contributed by atoms with van der Waals surface area (Å²) in [5.74, 6) is -0.0591. The Labute approximate surface area is 356 Å². The number of carbonyl (C=O) groups excluding carboxylic acids is 3. The third-order valence-electron chi connectivity index (χ3n) is 12.7. The Balaban J connectivity index is 1.11. The molecule has 6 atom stereocenters. The van der Waals surface area contributed by atoms with Gasteiger partial charge < -0.3 is 24.4 Å². The van der Waals surface area contributed by atoms with Crippen molar-refractivity contribution in [3.63, 3.8) is 0 Å². The number of ether oxygens (including phenoxy) is 3. The van der Waals surface area contributed by atoms with Crippen LogP contribution in [0.3, 0.4) is 0 Å². The number of rotatable bonds is 15. The van der Waals surface area contributed by atoms with Gasteiger partial charge >= 0.3 is 0 Å². The number of pyridine rings is 1. The van der Waals surface area contributed by atoms with Crippen LogP contribution in [0.2, 0.25) is 5.02 Å². The molecule has 2 amide bonds. The molecule has 324 valence electrons. The van der Waals surface area contributed by atoms with Crippen molar-refractivity contribution < 1.29 is 37.0 Å². The number of aromatic nitrogens is 3. The number of fused-ring (bicyclic) bond motifs is 2. The number of carbonyl (C=O) groups is 3. The van der Waals surface area contributed by atoms with Gasteiger partial charge in [-0.25, -0.2) is 18.1 Å². The van der Waals surface area contributed by atoms with E-state index in [1.165, 1.54) is 0 Å². The van der Waals surface area contributed by atoms with Crippen LogP contribution in [0.1, 0.15) is 78.3 Å². The van der Waals surface area contributed by atoms with Gasteiger partial charge in [0, 0.05) is 56.7 Å². The summed E-state index contributed by atoms with van der Waals surface area (Å²) in [6.45, 7) is 18.4. The number of piperazine rings is 1. The fourth-order valence-corrected chi connectivity index (χ4v) is 10.5. The maximum atomic E-state index is 14.6. The number of nitrogens with one attached hydrogen (secondary N) is 2. The molecule has 2 aromatic heterocycles. The number of morpholine rings is 1. The van der Waals surface area contributed by atoms with Crippen molar-refractivity contribution in [2.75, 3.05) is 46.0 Å². The fraction of sp³-hybridized carbons (Fsp3) is 0.605. The zero-order chi connectivity index (χ0) is 42.7. The van der Waals surface area contributed by atoms with Gasteiger partial charge in [0.05, 0.1) is 53.2 Å². The van der Waals surface area contributed by atoms with Crippen LogP contribution in [0.5, 0.6) is 11.5 Å². The Morgan fingerprint density at radius 3 is 2.57 bits per heavy atom. The van der Waals surface area contributed by atoms with E-state index in [4.69, 9.17) is 35.9 Å². The number of nitrogens with zero attached hydrogens (tertiary/aromatic N) is 5. The summed E-state index contributed by atoms with van der Waals surface area (Å²) < 4.78 is 48.2. The van der Waals surface area contributed by atoms with Crippen molar-refractivity contribution in [2.45, 2.75) is 102 Å². The van der Waals surface area contributed by atoms with Gasteiger partial charge in [-0.2, -0.15) is 5.10 Å². The maximum Gasteiger partial charge on any atom is 0.241 e. The standard InChI is InChI=1S/C43H56ClN7O8S/c1-7-26-22-43(26,41(54)48-60(55,56)27-8-9-27)23-32(52)30-20-35(31-24-45-39(42(4,5)6)40(53)51(30)31)59-34-21-36(50-13-12-29(47-50)25(2)3)46-38-28(34)10-11-33(37(38)44)58-19-16-49-14-17-57-18-15-49/h7,10-13,21,25-27,30-31,35,39,45H,1,8-9,14-20,22-24H2,2-6H3,(H,48,54)/t26-,30+,31-,35-,39+,43-/m1/s1. The summed E-state index contributed by atoms with van der Waals surface area (Å²) in [6.07, 6.45) is 3.99. The van der Waals surface area contributed by atoms with Crippen LogP contribution in [0.15, 0.2) is 43.1 Å². The molecule has 3 saturated heterocycles. The molecule has 3 aliphatic heterocycles. The molecule has 15 nitrogen and oxygen atoms in total. The van der Waals surface area contributed by atoms with Gasteiger partial charge in [-0.05, 0) is 54.7 Å². The van der Waals surface area contributed by atoms with Crippen molar-refractivity contribution in [1.82, 2.24) is 34.6 Å². The van der Waals surface area contributed by atoms with Crippen LogP contribution >= 0.6 is 11.6 Å². The minimum Gasteiger partial charge on any atom is -0.491 e.